The molecule has 0 radical (unpaired) electrons. The van der Waals surface area contributed by atoms with Gasteiger partial charge in [-0.3, -0.25) is 0 Å². The van der Waals surface area contributed by atoms with Crippen LogP contribution in [0, 0.1) is 0 Å². The van der Waals surface area contributed by atoms with E-state index in [4.69, 9.17) is 9.97 Å². The SMILES string of the molecule is c1ccc(-c2ccc(-c3cc(-c4ccc5cc(-c6cccc7c6-c6cc8ccccc8cc6C76CCCCC6)ccc5c4)nc(-c4ccccc4)n3)cc2)cc1. The standard InChI is InChI=1S/C54H40N2/c1-4-13-36(14-5-1)37-21-23-38(24-22-37)50-35-51(56-53(55-50)39-15-6-2-7-16-39)45-28-26-42-31-44(27-25-43(42)32-45)46-19-12-20-48-52(46)47-33-40-17-8-9-18-41(40)34-49(47)54(48)29-10-3-11-30-54/h1-2,4-9,12-28,31-35H,3,10-11,29-30H2. The van der Waals surface area contributed by atoms with E-state index >= 15 is 0 Å². The Hall–Kier alpha value is -6.64. The van der Waals surface area contributed by atoms with Crippen LogP contribution < -0.4 is 0 Å². The Morgan fingerprint density at radius 3 is 1.62 bits per heavy atom. The second kappa shape index (κ2) is 13.3. The number of hydrogen-bond donors (Lipinski definition) is 0. The smallest absolute Gasteiger partial charge is 0.160 e. The maximum Gasteiger partial charge on any atom is 0.160 e. The van der Waals surface area contributed by atoms with Gasteiger partial charge in [-0.1, -0.05) is 171 Å². The monoisotopic (exact) mass is 716 g/mol. The summed E-state index contributed by atoms with van der Waals surface area (Å²) in [6.07, 6.45) is 6.36. The van der Waals surface area contributed by atoms with Crippen molar-refractivity contribution in [3.05, 3.63) is 193 Å². The molecular weight excluding hydrogens is 677 g/mol. The number of benzene rings is 8. The topological polar surface area (TPSA) is 25.8 Å². The van der Waals surface area contributed by atoms with Crippen LogP contribution in [-0.4, -0.2) is 9.97 Å². The molecule has 11 rings (SSSR count). The zero-order valence-electron chi connectivity index (χ0n) is 31.3. The summed E-state index contributed by atoms with van der Waals surface area (Å²) in [5, 5.41) is 5.09. The Bertz CT molecular complexity index is 2920. The highest BCUT2D eigenvalue weighted by molar-refractivity contribution is 6.00. The van der Waals surface area contributed by atoms with Crippen LogP contribution in [0.3, 0.4) is 0 Å². The highest BCUT2D eigenvalue weighted by Crippen LogP contribution is 2.58. The molecule has 56 heavy (non-hydrogen) atoms. The van der Waals surface area contributed by atoms with Gasteiger partial charge in [0, 0.05) is 22.1 Å². The van der Waals surface area contributed by atoms with E-state index in [9.17, 15) is 0 Å². The van der Waals surface area contributed by atoms with Crippen molar-refractivity contribution in [1.82, 2.24) is 9.97 Å². The molecule has 0 atom stereocenters. The Balaban J connectivity index is 0.999. The van der Waals surface area contributed by atoms with Gasteiger partial charge in [0.15, 0.2) is 5.82 Å². The Kier molecular flexibility index (Phi) is 7.77. The van der Waals surface area contributed by atoms with Crippen molar-refractivity contribution in [3.8, 4) is 67.3 Å². The van der Waals surface area contributed by atoms with Crippen molar-refractivity contribution in [1.29, 1.82) is 0 Å². The van der Waals surface area contributed by atoms with Gasteiger partial charge in [-0.15, -0.1) is 0 Å². The zero-order valence-corrected chi connectivity index (χ0v) is 31.3. The van der Waals surface area contributed by atoms with Crippen molar-refractivity contribution in [2.45, 2.75) is 37.5 Å². The Morgan fingerprint density at radius 1 is 0.339 bits per heavy atom. The fourth-order valence-electron chi connectivity index (χ4n) is 9.66. The second-order valence-electron chi connectivity index (χ2n) is 15.7. The van der Waals surface area contributed by atoms with Crippen molar-refractivity contribution < 1.29 is 0 Å². The van der Waals surface area contributed by atoms with Gasteiger partial charge in [0.05, 0.1) is 11.4 Å². The van der Waals surface area contributed by atoms with Crippen molar-refractivity contribution >= 4 is 21.5 Å². The highest BCUT2D eigenvalue weighted by atomic mass is 14.9. The van der Waals surface area contributed by atoms with Gasteiger partial charge >= 0.3 is 0 Å². The molecule has 2 nitrogen and oxygen atoms in total. The summed E-state index contributed by atoms with van der Waals surface area (Å²) in [6, 6.07) is 66.4. The number of rotatable bonds is 5. The molecule has 1 aromatic heterocycles. The van der Waals surface area contributed by atoms with Crippen LogP contribution in [0.1, 0.15) is 43.2 Å². The minimum absolute atomic E-state index is 0.105. The average Bonchev–Trinajstić information content (AvgIpc) is 3.53. The zero-order chi connectivity index (χ0) is 37.1. The quantitative estimate of drug-likeness (QED) is 0.177. The maximum absolute atomic E-state index is 5.15. The molecule has 9 aromatic rings. The third kappa shape index (κ3) is 5.47. The molecule has 1 saturated carbocycles. The van der Waals surface area contributed by atoms with Crippen molar-refractivity contribution in [3.63, 3.8) is 0 Å². The molecule has 2 aliphatic carbocycles. The van der Waals surface area contributed by atoms with Gasteiger partial charge in [-0.05, 0) is 109 Å². The normalized spacial score (nSPS) is 14.2. The van der Waals surface area contributed by atoms with Crippen LogP contribution in [0.4, 0.5) is 0 Å². The third-order valence-electron chi connectivity index (χ3n) is 12.5. The number of nitrogens with zero attached hydrogens (tertiary/aromatic N) is 2. The molecular formula is C54H40N2. The first-order chi connectivity index (χ1) is 27.7. The van der Waals surface area contributed by atoms with Crippen LogP contribution in [-0.2, 0) is 5.41 Å². The van der Waals surface area contributed by atoms with E-state index in [0.717, 1.165) is 33.9 Å². The van der Waals surface area contributed by atoms with Crippen LogP contribution in [0.2, 0.25) is 0 Å². The molecule has 0 aliphatic heterocycles. The van der Waals surface area contributed by atoms with E-state index in [1.165, 1.54) is 98.2 Å². The van der Waals surface area contributed by atoms with E-state index in [-0.39, 0.29) is 5.41 Å². The summed E-state index contributed by atoms with van der Waals surface area (Å²) in [7, 11) is 0. The lowest BCUT2D eigenvalue weighted by atomic mass is 9.67. The van der Waals surface area contributed by atoms with Gasteiger partial charge < -0.3 is 0 Å². The van der Waals surface area contributed by atoms with Crippen LogP contribution >= 0.6 is 0 Å². The van der Waals surface area contributed by atoms with Crippen molar-refractivity contribution in [2.75, 3.05) is 0 Å². The molecule has 0 amide bonds. The molecule has 8 aromatic carbocycles. The first kappa shape index (κ1) is 32.8. The molecule has 0 saturated heterocycles. The van der Waals surface area contributed by atoms with Gasteiger partial charge in [-0.2, -0.15) is 0 Å². The molecule has 0 N–H and O–H groups in total. The van der Waals surface area contributed by atoms with Gasteiger partial charge in [-0.25, -0.2) is 9.97 Å². The van der Waals surface area contributed by atoms with Gasteiger partial charge in [0.25, 0.3) is 0 Å². The summed E-state index contributed by atoms with van der Waals surface area (Å²) in [5.41, 5.74) is 16.0. The summed E-state index contributed by atoms with van der Waals surface area (Å²) < 4.78 is 0. The number of hydrogen-bond acceptors (Lipinski definition) is 2. The first-order valence-electron chi connectivity index (χ1n) is 20.0. The van der Waals surface area contributed by atoms with Gasteiger partial charge in [0.2, 0.25) is 0 Å². The summed E-state index contributed by atoms with van der Waals surface area (Å²) >= 11 is 0. The number of aromatic nitrogens is 2. The molecule has 1 spiro atoms. The van der Waals surface area contributed by atoms with E-state index in [2.05, 4.69) is 164 Å². The Morgan fingerprint density at radius 2 is 0.893 bits per heavy atom. The lowest BCUT2D eigenvalue weighted by Crippen LogP contribution is -2.28. The summed E-state index contributed by atoms with van der Waals surface area (Å²) in [4.78, 5) is 10.2. The van der Waals surface area contributed by atoms with E-state index in [1.54, 1.807) is 0 Å². The predicted molar refractivity (Wildman–Crippen MR) is 234 cm³/mol. The molecule has 1 heterocycles. The molecule has 2 heteroatoms. The van der Waals surface area contributed by atoms with Crippen LogP contribution in [0.25, 0.3) is 88.8 Å². The van der Waals surface area contributed by atoms with Crippen molar-refractivity contribution in [2.24, 2.45) is 0 Å². The highest BCUT2D eigenvalue weighted by Gasteiger charge is 2.44. The molecule has 266 valence electrons. The summed E-state index contributed by atoms with van der Waals surface area (Å²) in [5.74, 6) is 0.724. The number of fused-ring (bicyclic) bond motifs is 7. The van der Waals surface area contributed by atoms with E-state index in [0.29, 0.717) is 0 Å². The fourth-order valence-corrected chi connectivity index (χ4v) is 9.66. The minimum Gasteiger partial charge on any atom is -0.228 e. The van der Waals surface area contributed by atoms with E-state index in [1.807, 2.05) is 18.2 Å². The molecule has 1 fully saturated rings. The summed E-state index contributed by atoms with van der Waals surface area (Å²) in [6.45, 7) is 0. The maximum atomic E-state index is 5.15. The first-order valence-corrected chi connectivity index (χ1v) is 20.0. The van der Waals surface area contributed by atoms with Crippen LogP contribution in [0.5, 0.6) is 0 Å². The second-order valence-corrected chi connectivity index (χ2v) is 15.7. The molecule has 0 unspecified atom stereocenters. The lowest BCUT2D eigenvalue weighted by Gasteiger charge is -2.36. The molecule has 0 bridgehead atoms. The minimum atomic E-state index is 0.105. The van der Waals surface area contributed by atoms with E-state index < -0.39 is 0 Å². The Labute approximate surface area is 328 Å². The lowest BCUT2D eigenvalue weighted by molar-refractivity contribution is 0.353. The largest absolute Gasteiger partial charge is 0.228 e. The third-order valence-corrected chi connectivity index (χ3v) is 12.5. The van der Waals surface area contributed by atoms with Crippen LogP contribution in [0.15, 0.2) is 182 Å². The fraction of sp³-hybridized carbons (Fsp3) is 0.111. The molecule has 2 aliphatic rings. The average molecular weight is 717 g/mol. The predicted octanol–water partition coefficient (Wildman–Crippen LogP) is 14.3. The van der Waals surface area contributed by atoms with Gasteiger partial charge in [0.1, 0.15) is 0 Å².